The number of fused-ring (bicyclic) bond motifs is 1. The molecule has 0 radical (unpaired) electrons. The van der Waals surface area contributed by atoms with Crippen molar-refractivity contribution >= 4 is 34.3 Å². The molecule has 0 saturated carbocycles. The van der Waals surface area contributed by atoms with Crippen LogP contribution in [0.15, 0.2) is 23.8 Å². The fourth-order valence-corrected chi connectivity index (χ4v) is 2.21. The molecule has 3 aromatic rings. The van der Waals surface area contributed by atoms with Crippen LogP contribution < -0.4 is 11.1 Å². The number of nitrogens with zero attached hydrogens (tertiary/aromatic N) is 3. The van der Waals surface area contributed by atoms with E-state index in [4.69, 9.17) is 5.73 Å². The molecule has 7 heteroatoms. The molecule has 3 rings (SSSR count). The average Bonchev–Trinajstić information content (AvgIpc) is 2.95. The normalized spacial score (nSPS) is 10.8. The van der Waals surface area contributed by atoms with Gasteiger partial charge in [0, 0.05) is 4.88 Å². The number of anilines is 2. The Morgan fingerprint density at radius 2 is 2.35 bits per heavy atom. The van der Waals surface area contributed by atoms with Crippen LogP contribution in [-0.4, -0.2) is 19.9 Å². The molecule has 0 aliphatic rings. The average molecular weight is 246 g/mol. The summed E-state index contributed by atoms with van der Waals surface area (Å²) in [5.41, 5.74) is 6.97. The lowest BCUT2D eigenvalue weighted by Gasteiger charge is -2.05. The van der Waals surface area contributed by atoms with Crippen LogP contribution >= 0.6 is 11.3 Å². The zero-order valence-corrected chi connectivity index (χ0v) is 9.66. The summed E-state index contributed by atoms with van der Waals surface area (Å²) in [6, 6.07) is 4.08. The zero-order chi connectivity index (χ0) is 11.7. The van der Waals surface area contributed by atoms with Gasteiger partial charge in [-0.05, 0) is 11.4 Å². The second-order valence-corrected chi connectivity index (χ2v) is 4.50. The van der Waals surface area contributed by atoms with Gasteiger partial charge >= 0.3 is 0 Å². The number of nitrogens with one attached hydrogen (secondary N) is 2. The van der Waals surface area contributed by atoms with Crippen LogP contribution in [0.5, 0.6) is 0 Å². The first-order valence-corrected chi connectivity index (χ1v) is 5.94. The summed E-state index contributed by atoms with van der Waals surface area (Å²) in [6.07, 6.45) is 1.58. The minimum Gasteiger partial charge on any atom is -0.368 e. The van der Waals surface area contributed by atoms with Crippen LogP contribution in [0.1, 0.15) is 4.88 Å². The minimum absolute atomic E-state index is 0.221. The molecule has 3 aromatic heterocycles. The largest absolute Gasteiger partial charge is 0.368 e. The van der Waals surface area contributed by atoms with Crippen molar-refractivity contribution in [2.24, 2.45) is 0 Å². The summed E-state index contributed by atoms with van der Waals surface area (Å²) >= 11 is 1.69. The lowest BCUT2D eigenvalue weighted by Crippen LogP contribution is -2.04. The van der Waals surface area contributed by atoms with Crippen LogP contribution in [0.25, 0.3) is 11.2 Å². The number of imidazole rings is 1. The van der Waals surface area contributed by atoms with Crippen molar-refractivity contribution in [2.75, 3.05) is 11.1 Å². The molecule has 0 unspecified atom stereocenters. The van der Waals surface area contributed by atoms with Crippen LogP contribution in [0.4, 0.5) is 11.8 Å². The van der Waals surface area contributed by atoms with Crippen molar-refractivity contribution < 1.29 is 0 Å². The number of aromatic nitrogens is 4. The van der Waals surface area contributed by atoms with Crippen molar-refractivity contribution in [3.05, 3.63) is 28.7 Å². The second-order valence-electron chi connectivity index (χ2n) is 3.46. The van der Waals surface area contributed by atoms with Gasteiger partial charge in [-0.3, -0.25) is 0 Å². The fraction of sp³-hybridized carbons (Fsp3) is 0.100. The molecule has 0 aliphatic carbocycles. The van der Waals surface area contributed by atoms with Crippen molar-refractivity contribution in [3.8, 4) is 0 Å². The third-order valence-electron chi connectivity index (χ3n) is 2.31. The van der Waals surface area contributed by atoms with Crippen LogP contribution in [0.2, 0.25) is 0 Å². The van der Waals surface area contributed by atoms with Gasteiger partial charge in [-0.15, -0.1) is 11.3 Å². The van der Waals surface area contributed by atoms with E-state index < -0.39 is 0 Å². The van der Waals surface area contributed by atoms with E-state index in [2.05, 4.69) is 31.3 Å². The molecule has 3 heterocycles. The Bertz CT molecular complexity index is 629. The fourth-order valence-electron chi connectivity index (χ4n) is 1.56. The van der Waals surface area contributed by atoms with E-state index in [0.29, 0.717) is 18.0 Å². The predicted octanol–water partition coefficient (Wildman–Crippen LogP) is 1.61. The van der Waals surface area contributed by atoms with Gasteiger partial charge in [0.2, 0.25) is 5.95 Å². The van der Waals surface area contributed by atoms with Gasteiger partial charge in [0.15, 0.2) is 11.5 Å². The Morgan fingerprint density at radius 1 is 1.41 bits per heavy atom. The number of nitrogen functional groups attached to an aromatic ring is 1. The Kier molecular flexibility index (Phi) is 2.37. The highest BCUT2D eigenvalue weighted by Crippen LogP contribution is 2.18. The van der Waals surface area contributed by atoms with E-state index in [9.17, 15) is 0 Å². The predicted molar refractivity (Wildman–Crippen MR) is 67.7 cm³/mol. The van der Waals surface area contributed by atoms with Gasteiger partial charge in [0.25, 0.3) is 0 Å². The molecule has 0 fully saturated rings. The van der Waals surface area contributed by atoms with E-state index in [1.165, 1.54) is 4.88 Å². The first-order valence-electron chi connectivity index (χ1n) is 5.06. The smallest absolute Gasteiger partial charge is 0.224 e. The first-order chi connectivity index (χ1) is 8.33. The number of thiophene rings is 1. The van der Waals surface area contributed by atoms with Gasteiger partial charge in [-0.1, -0.05) is 6.07 Å². The lowest BCUT2D eigenvalue weighted by molar-refractivity contribution is 1.13. The molecular formula is C10H10N6S. The monoisotopic (exact) mass is 246 g/mol. The highest BCUT2D eigenvalue weighted by Gasteiger charge is 2.07. The van der Waals surface area contributed by atoms with Crippen LogP contribution in [0.3, 0.4) is 0 Å². The minimum atomic E-state index is 0.221. The van der Waals surface area contributed by atoms with E-state index >= 15 is 0 Å². The van der Waals surface area contributed by atoms with Crippen molar-refractivity contribution in [1.29, 1.82) is 0 Å². The maximum Gasteiger partial charge on any atom is 0.224 e. The summed E-state index contributed by atoms with van der Waals surface area (Å²) in [5, 5.41) is 5.26. The maximum atomic E-state index is 5.62. The van der Waals surface area contributed by atoms with Gasteiger partial charge in [-0.2, -0.15) is 9.97 Å². The number of hydrogen-bond acceptors (Lipinski definition) is 6. The van der Waals surface area contributed by atoms with E-state index in [-0.39, 0.29) is 5.95 Å². The highest BCUT2D eigenvalue weighted by atomic mass is 32.1. The first kappa shape index (κ1) is 10.0. The number of hydrogen-bond donors (Lipinski definition) is 3. The molecule has 4 N–H and O–H groups in total. The summed E-state index contributed by atoms with van der Waals surface area (Å²) in [5.74, 6) is 0.900. The summed E-state index contributed by atoms with van der Waals surface area (Å²) in [7, 11) is 0. The third-order valence-corrected chi connectivity index (χ3v) is 3.19. The molecule has 0 saturated heterocycles. The Balaban J connectivity index is 1.91. The summed E-state index contributed by atoms with van der Waals surface area (Å²) in [4.78, 5) is 16.5. The van der Waals surface area contributed by atoms with Crippen molar-refractivity contribution in [2.45, 2.75) is 6.54 Å². The molecule has 0 aliphatic heterocycles. The van der Waals surface area contributed by atoms with Gasteiger partial charge < -0.3 is 16.0 Å². The standard InChI is InChI=1S/C10H10N6S/c11-10-15-8(7-9(16-10)14-5-13-7)12-4-6-2-1-3-17-6/h1-3,5H,4H2,(H4,11,12,13,14,15,16). The number of H-pyrrole nitrogens is 1. The van der Waals surface area contributed by atoms with E-state index in [1.807, 2.05) is 11.4 Å². The highest BCUT2D eigenvalue weighted by molar-refractivity contribution is 7.09. The molecule has 0 spiro atoms. The van der Waals surface area contributed by atoms with Crippen molar-refractivity contribution in [3.63, 3.8) is 0 Å². The molecule has 0 bridgehead atoms. The Labute approximate surface area is 101 Å². The van der Waals surface area contributed by atoms with Crippen LogP contribution in [-0.2, 0) is 6.54 Å². The topological polar surface area (TPSA) is 92.5 Å². The zero-order valence-electron chi connectivity index (χ0n) is 8.84. The van der Waals surface area contributed by atoms with Crippen molar-refractivity contribution in [1.82, 2.24) is 19.9 Å². The molecule has 0 atom stereocenters. The van der Waals surface area contributed by atoms with Gasteiger partial charge in [0.1, 0.15) is 5.52 Å². The molecule has 0 amide bonds. The number of rotatable bonds is 3. The quantitative estimate of drug-likeness (QED) is 0.653. The molecular weight excluding hydrogens is 236 g/mol. The maximum absolute atomic E-state index is 5.62. The summed E-state index contributed by atoms with van der Waals surface area (Å²) < 4.78 is 0. The molecule has 0 aromatic carbocycles. The SMILES string of the molecule is Nc1nc(NCc2cccs2)c2[nH]cnc2n1. The third kappa shape index (κ3) is 1.92. The Hall–Kier alpha value is -2.15. The van der Waals surface area contributed by atoms with Gasteiger partial charge in [-0.25, -0.2) is 4.98 Å². The Morgan fingerprint density at radius 3 is 3.18 bits per heavy atom. The molecule has 6 nitrogen and oxygen atoms in total. The summed E-state index contributed by atoms with van der Waals surface area (Å²) in [6.45, 7) is 0.711. The van der Waals surface area contributed by atoms with E-state index in [1.54, 1.807) is 17.7 Å². The lowest BCUT2D eigenvalue weighted by atomic mass is 10.4. The second kappa shape index (κ2) is 4.02. The van der Waals surface area contributed by atoms with E-state index in [0.717, 1.165) is 5.52 Å². The number of aromatic amines is 1. The molecule has 86 valence electrons. The van der Waals surface area contributed by atoms with Crippen LogP contribution in [0, 0.1) is 0 Å². The molecule has 17 heavy (non-hydrogen) atoms. The van der Waals surface area contributed by atoms with Gasteiger partial charge in [0.05, 0.1) is 12.9 Å². The number of nitrogens with two attached hydrogens (primary N) is 1.